The molecule has 0 saturated carbocycles. The Balaban J connectivity index is 2.26. The molecule has 3 nitrogen and oxygen atoms in total. The summed E-state index contributed by atoms with van der Waals surface area (Å²) in [6, 6.07) is 6.16. The zero-order valence-corrected chi connectivity index (χ0v) is 12.9. The number of hydrogen-bond donors (Lipinski definition) is 1. The molecule has 2 rings (SSSR count). The molecule has 0 fully saturated rings. The maximum atomic E-state index is 5.83. The molecule has 0 bridgehead atoms. The zero-order chi connectivity index (χ0) is 13.1. The molecule has 1 aromatic heterocycles. The van der Waals surface area contributed by atoms with Crippen molar-refractivity contribution in [3.63, 3.8) is 0 Å². The van der Waals surface area contributed by atoms with Gasteiger partial charge in [-0.3, -0.25) is 0 Å². The molecule has 0 aliphatic rings. The maximum Gasteiger partial charge on any atom is 0.0798 e. The van der Waals surface area contributed by atoms with Crippen LogP contribution in [0.25, 0.3) is 0 Å². The van der Waals surface area contributed by atoms with Gasteiger partial charge in [-0.2, -0.15) is 0 Å². The zero-order valence-electron chi connectivity index (χ0n) is 10.5. The number of benzene rings is 1. The van der Waals surface area contributed by atoms with Crippen molar-refractivity contribution in [1.29, 1.82) is 0 Å². The second kappa shape index (κ2) is 5.82. The summed E-state index contributed by atoms with van der Waals surface area (Å²) in [5, 5.41) is 0. The second-order valence-corrected chi connectivity index (χ2v) is 5.95. The lowest BCUT2D eigenvalue weighted by molar-refractivity contribution is 0.905. The lowest BCUT2D eigenvalue weighted by Crippen LogP contribution is -2.19. The molecule has 0 radical (unpaired) electrons. The van der Waals surface area contributed by atoms with Gasteiger partial charge >= 0.3 is 0 Å². The number of halogens is 1. The highest BCUT2D eigenvalue weighted by molar-refractivity contribution is 9.10. The van der Waals surface area contributed by atoms with Gasteiger partial charge in [0.05, 0.1) is 17.7 Å². The van der Waals surface area contributed by atoms with Crippen molar-refractivity contribution < 1.29 is 0 Å². The highest BCUT2D eigenvalue weighted by Crippen LogP contribution is 2.28. The Hall–Kier alpha value is -0.910. The van der Waals surface area contributed by atoms with Gasteiger partial charge in [0.1, 0.15) is 0 Å². The number of hydrogen-bond acceptors (Lipinski definition) is 4. The molecule has 1 heterocycles. The standard InChI is InChI=1S/C13H16BrN3S/c1-9-13(18-8-16-9)7-17(2)12-5-3-4-11(14)10(12)6-15/h3-5,8H,6-7,15H2,1-2H3. The van der Waals surface area contributed by atoms with E-state index in [1.54, 1.807) is 11.3 Å². The van der Waals surface area contributed by atoms with Crippen molar-refractivity contribution in [3.05, 3.63) is 44.3 Å². The molecule has 0 aliphatic heterocycles. The third kappa shape index (κ3) is 2.74. The summed E-state index contributed by atoms with van der Waals surface area (Å²) >= 11 is 5.25. The molecule has 0 aliphatic carbocycles. The van der Waals surface area contributed by atoms with Crippen LogP contribution in [0.4, 0.5) is 5.69 Å². The molecule has 0 saturated heterocycles. The molecular weight excluding hydrogens is 310 g/mol. The minimum atomic E-state index is 0.531. The van der Waals surface area contributed by atoms with E-state index < -0.39 is 0 Å². The Morgan fingerprint density at radius 3 is 2.83 bits per heavy atom. The van der Waals surface area contributed by atoms with Crippen LogP contribution in [0.1, 0.15) is 16.1 Å². The smallest absolute Gasteiger partial charge is 0.0798 e. The Bertz CT molecular complexity index is 539. The highest BCUT2D eigenvalue weighted by Gasteiger charge is 2.11. The van der Waals surface area contributed by atoms with E-state index in [2.05, 4.69) is 38.9 Å². The van der Waals surface area contributed by atoms with E-state index in [1.807, 2.05) is 24.6 Å². The first kappa shape index (κ1) is 13.5. The van der Waals surface area contributed by atoms with Crippen LogP contribution in [-0.4, -0.2) is 12.0 Å². The van der Waals surface area contributed by atoms with Crippen LogP contribution in [0, 0.1) is 6.92 Å². The SMILES string of the molecule is Cc1ncsc1CN(C)c1cccc(Br)c1CN. The Kier molecular flexibility index (Phi) is 4.37. The summed E-state index contributed by atoms with van der Waals surface area (Å²) in [5.74, 6) is 0. The lowest BCUT2D eigenvalue weighted by Gasteiger charge is -2.22. The van der Waals surface area contributed by atoms with Crippen molar-refractivity contribution in [3.8, 4) is 0 Å². The first-order valence-corrected chi connectivity index (χ1v) is 7.38. The minimum Gasteiger partial charge on any atom is -0.369 e. The molecule has 96 valence electrons. The van der Waals surface area contributed by atoms with Crippen LogP contribution in [0.2, 0.25) is 0 Å². The first-order valence-electron chi connectivity index (χ1n) is 5.71. The third-order valence-electron chi connectivity index (χ3n) is 2.94. The third-order valence-corrected chi connectivity index (χ3v) is 4.60. The molecule has 5 heteroatoms. The van der Waals surface area contributed by atoms with E-state index in [4.69, 9.17) is 5.73 Å². The van der Waals surface area contributed by atoms with E-state index in [9.17, 15) is 0 Å². The summed E-state index contributed by atoms with van der Waals surface area (Å²) < 4.78 is 1.07. The van der Waals surface area contributed by atoms with Crippen LogP contribution < -0.4 is 10.6 Å². The number of aromatic nitrogens is 1. The minimum absolute atomic E-state index is 0.531. The Morgan fingerprint density at radius 1 is 1.44 bits per heavy atom. The summed E-state index contributed by atoms with van der Waals surface area (Å²) in [4.78, 5) is 7.79. The van der Waals surface area contributed by atoms with E-state index in [1.165, 1.54) is 10.6 Å². The van der Waals surface area contributed by atoms with Crippen molar-refractivity contribution >= 4 is 33.0 Å². The fourth-order valence-corrected chi connectivity index (χ4v) is 3.23. The summed E-state index contributed by atoms with van der Waals surface area (Å²) in [6.07, 6.45) is 0. The molecule has 0 unspecified atom stereocenters. The summed E-state index contributed by atoms with van der Waals surface area (Å²) in [6.45, 7) is 3.44. The van der Waals surface area contributed by atoms with Crippen molar-refractivity contribution in [2.24, 2.45) is 5.73 Å². The Labute approximate surface area is 120 Å². The van der Waals surface area contributed by atoms with E-state index in [0.717, 1.165) is 22.3 Å². The predicted molar refractivity (Wildman–Crippen MR) is 81.0 cm³/mol. The average molecular weight is 326 g/mol. The van der Waals surface area contributed by atoms with Crippen LogP contribution in [0.3, 0.4) is 0 Å². The van der Waals surface area contributed by atoms with Gasteiger partial charge in [0.15, 0.2) is 0 Å². The number of rotatable bonds is 4. The fourth-order valence-electron chi connectivity index (χ4n) is 1.89. The number of nitrogens with two attached hydrogens (primary N) is 1. The number of anilines is 1. The normalized spacial score (nSPS) is 10.7. The lowest BCUT2D eigenvalue weighted by atomic mass is 10.1. The van der Waals surface area contributed by atoms with Gasteiger partial charge in [0, 0.05) is 34.2 Å². The van der Waals surface area contributed by atoms with Gasteiger partial charge in [-0.15, -0.1) is 11.3 Å². The monoisotopic (exact) mass is 325 g/mol. The fraction of sp³-hybridized carbons (Fsp3) is 0.308. The van der Waals surface area contributed by atoms with Gasteiger partial charge in [0.25, 0.3) is 0 Å². The molecule has 2 aromatic rings. The summed E-state index contributed by atoms with van der Waals surface area (Å²) in [7, 11) is 2.08. The van der Waals surface area contributed by atoms with Gasteiger partial charge < -0.3 is 10.6 Å². The topological polar surface area (TPSA) is 42.2 Å². The van der Waals surface area contributed by atoms with E-state index >= 15 is 0 Å². The van der Waals surface area contributed by atoms with Crippen LogP contribution in [0.5, 0.6) is 0 Å². The molecule has 0 amide bonds. The van der Waals surface area contributed by atoms with Gasteiger partial charge in [-0.05, 0) is 19.1 Å². The van der Waals surface area contributed by atoms with Gasteiger partial charge in [-0.1, -0.05) is 22.0 Å². The quantitative estimate of drug-likeness (QED) is 0.937. The van der Waals surface area contributed by atoms with Gasteiger partial charge in [-0.25, -0.2) is 4.98 Å². The molecule has 0 atom stereocenters. The number of nitrogens with zero attached hydrogens (tertiary/aromatic N) is 2. The highest BCUT2D eigenvalue weighted by atomic mass is 79.9. The maximum absolute atomic E-state index is 5.83. The largest absolute Gasteiger partial charge is 0.369 e. The molecule has 18 heavy (non-hydrogen) atoms. The van der Waals surface area contributed by atoms with Gasteiger partial charge in [0.2, 0.25) is 0 Å². The first-order chi connectivity index (χ1) is 8.63. The second-order valence-electron chi connectivity index (χ2n) is 4.16. The molecule has 0 spiro atoms. The van der Waals surface area contributed by atoms with Crippen molar-refractivity contribution in [2.45, 2.75) is 20.0 Å². The Morgan fingerprint density at radius 2 is 2.22 bits per heavy atom. The summed E-state index contributed by atoms with van der Waals surface area (Å²) in [5.41, 5.74) is 11.1. The number of aryl methyl sites for hydroxylation is 1. The molecule has 2 N–H and O–H groups in total. The average Bonchev–Trinajstić information content (AvgIpc) is 2.74. The van der Waals surface area contributed by atoms with Crippen LogP contribution in [-0.2, 0) is 13.1 Å². The van der Waals surface area contributed by atoms with Crippen LogP contribution in [0.15, 0.2) is 28.2 Å². The van der Waals surface area contributed by atoms with Crippen LogP contribution >= 0.6 is 27.3 Å². The molecule has 1 aromatic carbocycles. The van der Waals surface area contributed by atoms with Crippen molar-refractivity contribution in [2.75, 3.05) is 11.9 Å². The molecular formula is C13H16BrN3S. The van der Waals surface area contributed by atoms with E-state index in [0.29, 0.717) is 6.54 Å². The van der Waals surface area contributed by atoms with E-state index in [-0.39, 0.29) is 0 Å². The van der Waals surface area contributed by atoms with Crippen molar-refractivity contribution in [1.82, 2.24) is 4.98 Å². The number of thiazole rings is 1. The predicted octanol–water partition coefficient (Wildman–Crippen LogP) is 3.31.